The van der Waals surface area contributed by atoms with Crippen LogP contribution < -0.4 is 10.1 Å². The normalized spacial score (nSPS) is 21.7. The Labute approximate surface area is 117 Å². The van der Waals surface area contributed by atoms with Crippen molar-refractivity contribution in [2.75, 3.05) is 18.2 Å². The Kier molecular flexibility index (Phi) is 4.01. The van der Waals surface area contributed by atoms with Crippen molar-refractivity contribution in [1.82, 2.24) is 0 Å². The first-order valence-corrected chi connectivity index (χ1v) is 7.12. The number of methoxy groups -OCH3 is 1. The van der Waals surface area contributed by atoms with Crippen LogP contribution in [0.15, 0.2) is 18.2 Å². The third-order valence-corrected chi connectivity index (χ3v) is 4.82. The Bertz CT molecular complexity index is 531. The minimum atomic E-state index is -0.409. The molecule has 1 heterocycles. The van der Waals surface area contributed by atoms with Crippen molar-refractivity contribution in [2.24, 2.45) is 0 Å². The summed E-state index contributed by atoms with van der Waals surface area (Å²) in [5.74, 6) is 1.45. The summed E-state index contributed by atoms with van der Waals surface area (Å²) in [6, 6.07) is 7.22. The Morgan fingerprint density at radius 1 is 1.58 bits per heavy atom. The fourth-order valence-corrected chi connectivity index (χ4v) is 3.34. The molecule has 1 saturated heterocycles. The van der Waals surface area contributed by atoms with Crippen LogP contribution in [0.25, 0.3) is 0 Å². The van der Waals surface area contributed by atoms with Crippen LogP contribution in [0, 0.1) is 11.3 Å². The van der Waals surface area contributed by atoms with Crippen molar-refractivity contribution in [3.63, 3.8) is 0 Å². The molecule has 0 saturated carbocycles. The molecule has 0 spiro atoms. The smallest absolute Gasteiger partial charge is 0.240 e. The first-order valence-electron chi connectivity index (χ1n) is 6.13. The van der Waals surface area contributed by atoms with E-state index in [1.807, 2.05) is 6.92 Å². The van der Waals surface area contributed by atoms with E-state index in [0.717, 1.165) is 18.6 Å². The van der Waals surface area contributed by atoms with Gasteiger partial charge >= 0.3 is 0 Å². The zero-order valence-electron chi connectivity index (χ0n) is 11.0. The number of anilines is 1. The third kappa shape index (κ3) is 2.69. The van der Waals surface area contributed by atoms with Gasteiger partial charge in [0, 0.05) is 0 Å². The molecule has 19 heavy (non-hydrogen) atoms. The summed E-state index contributed by atoms with van der Waals surface area (Å²) in [4.78, 5) is 12.4. The van der Waals surface area contributed by atoms with Crippen molar-refractivity contribution >= 4 is 23.4 Å². The van der Waals surface area contributed by atoms with Crippen LogP contribution in [0.2, 0.25) is 0 Å². The van der Waals surface area contributed by atoms with Gasteiger partial charge in [-0.15, -0.1) is 11.8 Å². The van der Waals surface area contributed by atoms with Crippen LogP contribution in [0.3, 0.4) is 0 Å². The number of thioether (sulfide) groups is 1. The molecule has 1 unspecified atom stereocenters. The molecule has 0 radical (unpaired) electrons. The molecule has 1 aliphatic heterocycles. The maximum absolute atomic E-state index is 12.4. The van der Waals surface area contributed by atoms with Crippen molar-refractivity contribution in [3.05, 3.63) is 23.8 Å². The van der Waals surface area contributed by atoms with Gasteiger partial charge in [0.05, 0.1) is 17.4 Å². The zero-order chi connectivity index (χ0) is 13.9. The number of rotatable bonds is 3. The Morgan fingerprint density at radius 3 is 2.95 bits per heavy atom. The molecule has 1 fully saturated rings. The number of hydrogen-bond donors (Lipinski definition) is 1. The van der Waals surface area contributed by atoms with Crippen LogP contribution in [0.4, 0.5) is 5.69 Å². The van der Waals surface area contributed by atoms with E-state index in [1.165, 1.54) is 7.11 Å². The van der Waals surface area contributed by atoms with Crippen molar-refractivity contribution < 1.29 is 9.53 Å². The molecule has 0 bridgehead atoms. The lowest BCUT2D eigenvalue weighted by Gasteiger charge is -2.22. The highest BCUT2D eigenvalue weighted by molar-refractivity contribution is 8.01. The van der Waals surface area contributed by atoms with E-state index in [4.69, 9.17) is 10.00 Å². The van der Waals surface area contributed by atoms with E-state index in [0.29, 0.717) is 17.0 Å². The van der Waals surface area contributed by atoms with Gasteiger partial charge < -0.3 is 10.1 Å². The molecule has 5 heteroatoms. The number of carbonyl (C=O) groups is 1. The van der Waals surface area contributed by atoms with Crippen LogP contribution >= 0.6 is 11.8 Å². The van der Waals surface area contributed by atoms with Gasteiger partial charge in [-0.1, -0.05) is 6.07 Å². The van der Waals surface area contributed by atoms with Gasteiger partial charge in [0.25, 0.3) is 0 Å². The lowest BCUT2D eigenvalue weighted by Crippen LogP contribution is -2.35. The zero-order valence-corrected chi connectivity index (χ0v) is 11.8. The Balaban J connectivity index is 2.28. The molecule has 1 aromatic carbocycles. The number of benzene rings is 1. The van der Waals surface area contributed by atoms with E-state index < -0.39 is 4.75 Å². The predicted molar refractivity (Wildman–Crippen MR) is 76.4 cm³/mol. The van der Waals surface area contributed by atoms with Crippen molar-refractivity contribution in [1.29, 1.82) is 5.26 Å². The molecule has 1 N–H and O–H groups in total. The maximum Gasteiger partial charge on any atom is 0.240 e. The number of nitriles is 1. The topological polar surface area (TPSA) is 62.1 Å². The second kappa shape index (κ2) is 5.54. The maximum atomic E-state index is 12.4. The van der Waals surface area contributed by atoms with E-state index in [9.17, 15) is 4.79 Å². The van der Waals surface area contributed by atoms with Gasteiger partial charge in [0.1, 0.15) is 17.5 Å². The van der Waals surface area contributed by atoms with E-state index in [-0.39, 0.29) is 5.91 Å². The number of ether oxygens (including phenoxy) is 1. The summed E-state index contributed by atoms with van der Waals surface area (Å²) < 4.78 is 4.80. The van der Waals surface area contributed by atoms with Crippen LogP contribution in [-0.4, -0.2) is 23.5 Å². The van der Waals surface area contributed by atoms with Gasteiger partial charge in [0.2, 0.25) is 5.91 Å². The SMILES string of the molecule is COc1cccc(C#N)c1NC(=O)C1(C)CCCS1. The molecule has 1 aliphatic rings. The highest BCUT2D eigenvalue weighted by atomic mass is 32.2. The number of nitrogens with one attached hydrogen (secondary N) is 1. The average Bonchev–Trinajstić information content (AvgIpc) is 2.87. The lowest BCUT2D eigenvalue weighted by molar-refractivity contribution is -0.118. The first-order chi connectivity index (χ1) is 9.10. The minimum Gasteiger partial charge on any atom is -0.495 e. The van der Waals surface area contributed by atoms with Gasteiger partial charge in [-0.05, 0) is 37.7 Å². The van der Waals surface area contributed by atoms with E-state index in [1.54, 1.807) is 30.0 Å². The first kappa shape index (κ1) is 13.8. The van der Waals surface area contributed by atoms with E-state index in [2.05, 4.69) is 11.4 Å². The molecule has 4 nitrogen and oxygen atoms in total. The molecule has 1 amide bonds. The number of nitrogens with zero attached hydrogens (tertiary/aromatic N) is 1. The Hall–Kier alpha value is -1.67. The second-order valence-corrected chi connectivity index (χ2v) is 6.23. The third-order valence-electron chi connectivity index (χ3n) is 3.30. The largest absolute Gasteiger partial charge is 0.495 e. The van der Waals surface area contributed by atoms with Crippen LogP contribution in [0.1, 0.15) is 25.3 Å². The highest BCUT2D eigenvalue weighted by Gasteiger charge is 2.37. The molecule has 0 aromatic heterocycles. The summed E-state index contributed by atoms with van der Waals surface area (Å²) in [6.07, 6.45) is 1.91. The monoisotopic (exact) mass is 276 g/mol. The Morgan fingerprint density at radius 2 is 2.37 bits per heavy atom. The average molecular weight is 276 g/mol. The number of hydrogen-bond acceptors (Lipinski definition) is 4. The predicted octanol–water partition coefficient (Wildman–Crippen LogP) is 2.79. The number of carbonyl (C=O) groups excluding carboxylic acids is 1. The lowest BCUT2D eigenvalue weighted by atomic mass is 10.0. The summed E-state index contributed by atoms with van der Waals surface area (Å²) in [5.41, 5.74) is 0.880. The molecule has 0 aliphatic carbocycles. The summed E-state index contributed by atoms with van der Waals surface area (Å²) in [7, 11) is 1.53. The number of para-hydroxylation sites is 1. The molecule has 100 valence electrons. The van der Waals surface area contributed by atoms with Gasteiger partial charge in [-0.3, -0.25) is 4.79 Å². The van der Waals surface area contributed by atoms with E-state index >= 15 is 0 Å². The standard InChI is InChI=1S/C14H16N2O2S/c1-14(7-4-8-19-14)13(17)16-12-10(9-15)5-3-6-11(12)18-2/h3,5-6H,4,7-8H2,1-2H3,(H,16,17). The number of amides is 1. The van der Waals surface area contributed by atoms with Crippen molar-refractivity contribution in [3.8, 4) is 11.8 Å². The quantitative estimate of drug-likeness (QED) is 0.922. The fourth-order valence-electron chi connectivity index (χ4n) is 2.13. The summed E-state index contributed by atoms with van der Waals surface area (Å²) in [5, 5.41) is 12.0. The molecular formula is C14H16N2O2S. The minimum absolute atomic E-state index is 0.0593. The fraction of sp³-hybridized carbons (Fsp3) is 0.429. The molecule has 1 aromatic rings. The van der Waals surface area contributed by atoms with Crippen molar-refractivity contribution in [2.45, 2.75) is 24.5 Å². The second-order valence-electron chi connectivity index (χ2n) is 4.63. The molecule has 2 rings (SSSR count). The summed E-state index contributed by atoms with van der Waals surface area (Å²) >= 11 is 1.66. The van der Waals surface area contributed by atoms with Crippen LogP contribution in [0.5, 0.6) is 5.75 Å². The molecule has 1 atom stereocenters. The van der Waals surface area contributed by atoms with Gasteiger partial charge in [0.15, 0.2) is 0 Å². The van der Waals surface area contributed by atoms with Crippen LogP contribution in [-0.2, 0) is 4.79 Å². The highest BCUT2D eigenvalue weighted by Crippen LogP contribution is 2.39. The summed E-state index contributed by atoms with van der Waals surface area (Å²) in [6.45, 7) is 1.95. The molecular weight excluding hydrogens is 260 g/mol. The van der Waals surface area contributed by atoms with Gasteiger partial charge in [-0.25, -0.2) is 0 Å². The van der Waals surface area contributed by atoms with Gasteiger partial charge in [-0.2, -0.15) is 5.26 Å².